The molecule has 150 valence electrons. The van der Waals surface area contributed by atoms with Gasteiger partial charge in [0.1, 0.15) is 5.75 Å². The topological polar surface area (TPSA) is 70.2 Å². The summed E-state index contributed by atoms with van der Waals surface area (Å²) >= 11 is 0. The number of piperazine rings is 1. The fourth-order valence-corrected chi connectivity index (χ4v) is 4.55. The molecule has 0 atom stereocenters. The first-order valence-electron chi connectivity index (χ1n) is 9.04. The maximum Gasteiger partial charge on any atom is 0.254 e. The summed E-state index contributed by atoms with van der Waals surface area (Å²) in [7, 11) is 1.80. The van der Waals surface area contributed by atoms with Crippen molar-refractivity contribution in [2.45, 2.75) is 4.90 Å². The SMILES string of the molecule is COc1ccc(S(=O)(=O)N2CCN(C(=O)c3cccc(N(C)C)c3)CC2)cc1. The molecule has 0 bridgehead atoms. The van der Waals surface area contributed by atoms with Crippen LogP contribution in [-0.2, 0) is 10.0 Å². The van der Waals surface area contributed by atoms with Crippen molar-refractivity contribution in [3.05, 3.63) is 54.1 Å². The molecule has 1 heterocycles. The second-order valence-corrected chi connectivity index (χ2v) is 8.75. The monoisotopic (exact) mass is 403 g/mol. The summed E-state index contributed by atoms with van der Waals surface area (Å²) in [5.74, 6) is 0.527. The molecule has 8 heteroatoms. The molecule has 3 rings (SSSR count). The van der Waals surface area contributed by atoms with E-state index in [2.05, 4.69) is 0 Å². The zero-order chi connectivity index (χ0) is 20.3. The number of benzene rings is 2. The van der Waals surface area contributed by atoms with E-state index >= 15 is 0 Å². The quantitative estimate of drug-likeness (QED) is 0.763. The number of nitrogens with zero attached hydrogens (tertiary/aromatic N) is 3. The Labute approximate surface area is 166 Å². The number of carbonyl (C=O) groups excluding carboxylic acids is 1. The van der Waals surface area contributed by atoms with E-state index in [1.165, 1.54) is 11.4 Å². The van der Waals surface area contributed by atoms with E-state index < -0.39 is 10.0 Å². The molecule has 28 heavy (non-hydrogen) atoms. The van der Waals surface area contributed by atoms with E-state index in [9.17, 15) is 13.2 Å². The first-order chi connectivity index (χ1) is 13.3. The second kappa shape index (κ2) is 8.20. The van der Waals surface area contributed by atoms with Crippen LogP contribution in [0, 0.1) is 0 Å². The van der Waals surface area contributed by atoms with Crippen molar-refractivity contribution < 1.29 is 17.9 Å². The van der Waals surface area contributed by atoms with Gasteiger partial charge in [0.05, 0.1) is 12.0 Å². The molecule has 0 radical (unpaired) electrons. The van der Waals surface area contributed by atoms with Crippen LogP contribution in [0.25, 0.3) is 0 Å². The molecule has 1 aliphatic rings. The molecule has 0 spiro atoms. The highest BCUT2D eigenvalue weighted by Crippen LogP contribution is 2.22. The van der Waals surface area contributed by atoms with Crippen LogP contribution in [0.3, 0.4) is 0 Å². The molecule has 1 amide bonds. The Hall–Kier alpha value is -2.58. The smallest absolute Gasteiger partial charge is 0.254 e. The fraction of sp³-hybridized carbons (Fsp3) is 0.350. The third-order valence-corrected chi connectivity index (χ3v) is 6.75. The van der Waals surface area contributed by atoms with E-state index in [0.717, 1.165) is 5.69 Å². The van der Waals surface area contributed by atoms with Crippen LogP contribution in [-0.4, -0.2) is 70.9 Å². The van der Waals surface area contributed by atoms with Gasteiger partial charge in [0.25, 0.3) is 5.91 Å². The number of amides is 1. The number of carbonyl (C=O) groups is 1. The van der Waals surface area contributed by atoms with Crippen molar-refractivity contribution >= 4 is 21.6 Å². The predicted molar refractivity (Wildman–Crippen MR) is 108 cm³/mol. The Balaban J connectivity index is 1.68. The third-order valence-electron chi connectivity index (χ3n) is 4.83. The average molecular weight is 404 g/mol. The highest BCUT2D eigenvalue weighted by atomic mass is 32.2. The molecule has 7 nitrogen and oxygen atoms in total. The van der Waals surface area contributed by atoms with Crippen LogP contribution in [0.5, 0.6) is 5.75 Å². The molecule has 2 aromatic carbocycles. The van der Waals surface area contributed by atoms with Gasteiger partial charge in [-0.3, -0.25) is 4.79 Å². The molecule has 0 unspecified atom stereocenters. The highest BCUT2D eigenvalue weighted by Gasteiger charge is 2.30. The normalized spacial score (nSPS) is 15.3. The van der Waals surface area contributed by atoms with Gasteiger partial charge in [-0.15, -0.1) is 0 Å². The van der Waals surface area contributed by atoms with Gasteiger partial charge in [-0.1, -0.05) is 6.07 Å². The van der Waals surface area contributed by atoms with Crippen LogP contribution in [0.15, 0.2) is 53.4 Å². The summed E-state index contributed by atoms with van der Waals surface area (Å²) < 4.78 is 32.2. The summed E-state index contributed by atoms with van der Waals surface area (Å²) in [6.07, 6.45) is 0. The molecule has 1 saturated heterocycles. The molecule has 1 fully saturated rings. The Bertz CT molecular complexity index is 934. The van der Waals surface area contributed by atoms with Gasteiger partial charge < -0.3 is 14.5 Å². The van der Waals surface area contributed by atoms with Crippen molar-refractivity contribution in [2.24, 2.45) is 0 Å². The second-order valence-electron chi connectivity index (χ2n) is 6.82. The molecule has 0 N–H and O–H groups in total. The van der Waals surface area contributed by atoms with Gasteiger partial charge in [0.2, 0.25) is 10.0 Å². The highest BCUT2D eigenvalue weighted by molar-refractivity contribution is 7.89. The lowest BCUT2D eigenvalue weighted by molar-refractivity contribution is 0.0698. The summed E-state index contributed by atoms with van der Waals surface area (Å²) in [6, 6.07) is 13.8. The van der Waals surface area contributed by atoms with E-state index in [0.29, 0.717) is 24.4 Å². The number of hydrogen-bond acceptors (Lipinski definition) is 5. The van der Waals surface area contributed by atoms with Crippen molar-refractivity contribution in [1.82, 2.24) is 9.21 Å². The van der Waals surface area contributed by atoms with Gasteiger partial charge in [-0.05, 0) is 42.5 Å². The van der Waals surface area contributed by atoms with Crippen LogP contribution < -0.4 is 9.64 Å². The van der Waals surface area contributed by atoms with Crippen molar-refractivity contribution in [3.63, 3.8) is 0 Å². The minimum absolute atomic E-state index is 0.0785. The molecule has 0 saturated carbocycles. The standard InChI is InChI=1S/C20H25N3O4S/c1-21(2)17-6-4-5-16(15-17)20(24)22-11-13-23(14-12-22)28(25,26)19-9-7-18(27-3)8-10-19/h4-10,15H,11-14H2,1-3H3. The Morgan fingerprint density at radius 1 is 1.00 bits per heavy atom. The van der Waals surface area contributed by atoms with Crippen LogP contribution >= 0.6 is 0 Å². The summed E-state index contributed by atoms with van der Waals surface area (Å²) in [5.41, 5.74) is 1.56. The number of sulfonamides is 1. The van der Waals surface area contributed by atoms with Crippen LogP contribution in [0.1, 0.15) is 10.4 Å². The minimum atomic E-state index is -3.59. The number of anilines is 1. The zero-order valence-corrected chi connectivity index (χ0v) is 17.1. The molecule has 0 aromatic heterocycles. The van der Waals surface area contributed by atoms with Crippen LogP contribution in [0.4, 0.5) is 5.69 Å². The van der Waals surface area contributed by atoms with E-state index in [-0.39, 0.29) is 23.9 Å². The summed E-state index contributed by atoms with van der Waals surface area (Å²) in [5, 5.41) is 0. The van der Waals surface area contributed by atoms with E-state index in [4.69, 9.17) is 4.74 Å². The first-order valence-corrected chi connectivity index (χ1v) is 10.5. The molecular formula is C20H25N3O4S. The number of ether oxygens (including phenoxy) is 1. The summed E-state index contributed by atoms with van der Waals surface area (Å²) in [4.78, 5) is 16.7. The van der Waals surface area contributed by atoms with Gasteiger partial charge in [0, 0.05) is 51.5 Å². The average Bonchev–Trinajstić information content (AvgIpc) is 2.73. The maximum atomic E-state index is 12.8. The van der Waals surface area contributed by atoms with Crippen LogP contribution in [0.2, 0.25) is 0 Å². The van der Waals surface area contributed by atoms with Gasteiger partial charge in [0.15, 0.2) is 0 Å². The van der Waals surface area contributed by atoms with Crippen molar-refractivity contribution in [2.75, 3.05) is 52.3 Å². The number of hydrogen-bond donors (Lipinski definition) is 0. The van der Waals surface area contributed by atoms with Crippen molar-refractivity contribution in [3.8, 4) is 5.75 Å². The maximum absolute atomic E-state index is 12.8. The lowest BCUT2D eigenvalue weighted by atomic mass is 10.1. The predicted octanol–water partition coefficient (Wildman–Crippen LogP) is 1.91. The lowest BCUT2D eigenvalue weighted by Gasteiger charge is -2.34. The van der Waals surface area contributed by atoms with Gasteiger partial charge >= 0.3 is 0 Å². The Morgan fingerprint density at radius 2 is 1.64 bits per heavy atom. The molecular weight excluding hydrogens is 378 g/mol. The molecule has 0 aliphatic carbocycles. The minimum Gasteiger partial charge on any atom is -0.497 e. The third kappa shape index (κ3) is 4.13. The fourth-order valence-electron chi connectivity index (χ4n) is 3.13. The van der Waals surface area contributed by atoms with Gasteiger partial charge in [-0.2, -0.15) is 4.31 Å². The van der Waals surface area contributed by atoms with Crippen molar-refractivity contribution in [1.29, 1.82) is 0 Å². The largest absolute Gasteiger partial charge is 0.497 e. The summed E-state index contributed by atoms with van der Waals surface area (Å²) in [6.45, 7) is 1.27. The zero-order valence-electron chi connectivity index (χ0n) is 16.3. The Kier molecular flexibility index (Phi) is 5.90. The lowest BCUT2D eigenvalue weighted by Crippen LogP contribution is -2.50. The van der Waals surface area contributed by atoms with E-state index in [1.807, 2.05) is 37.2 Å². The molecule has 2 aromatic rings. The first kappa shape index (κ1) is 20.2. The number of rotatable bonds is 5. The van der Waals surface area contributed by atoms with Gasteiger partial charge in [-0.25, -0.2) is 8.42 Å². The van der Waals surface area contributed by atoms with E-state index in [1.54, 1.807) is 35.2 Å². The Morgan fingerprint density at radius 3 is 2.21 bits per heavy atom. The molecule has 1 aliphatic heterocycles. The number of methoxy groups -OCH3 is 1.